The predicted molar refractivity (Wildman–Crippen MR) is 74.3 cm³/mol. The fourth-order valence-corrected chi connectivity index (χ4v) is 3.10. The molecule has 0 aromatic heterocycles. The Hall–Kier alpha value is -1.89. The Labute approximate surface area is 107 Å². The number of carbonyl (C=O) groups excluding carboxylic acids is 1. The van der Waals surface area contributed by atoms with E-state index in [0.29, 0.717) is 0 Å². The molecule has 1 nitrogen and oxygen atoms in total. The van der Waals surface area contributed by atoms with Gasteiger partial charge in [-0.1, -0.05) is 23.3 Å². The van der Waals surface area contributed by atoms with Crippen LogP contribution in [0.4, 0.5) is 0 Å². The summed E-state index contributed by atoms with van der Waals surface area (Å²) in [6.45, 7) is 8.27. The summed E-state index contributed by atoms with van der Waals surface area (Å²) in [7, 11) is 0. The lowest BCUT2D eigenvalue weighted by molar-refractivity contribution is 0.104. The minimum Gasteiger partial charge on any atom is -0.289 e. The van der Waals surface area contributed by atoms with Crippen LogP contribution in [0.15, 0.2) is 24.3 Å². The van der Waals surface area contributed by atoms with Crippen LogP contribution in [0, 0.1) is 27.7 Å². The van der Waals surface area contributed by atoms with E-state index in [1.165, 1.54) is 11.1 Å². The molecule has 1 heteroatoms. The van der Waals surface area contributed by atoms with Crippen LogP contribution < -0.4 is 0 Å². The van der Waals surface area contributed by atoms with Gasteiger partial charge in [0.15, 0.2) is 5.78 Å². The molecule has 0 fully saturated rings. The van der Waals surface area contributed by atoms with Gasteiger partial charge in [0.2, 0.25) is 0 Å². The van der Waals surface area contributed by atoms with Crippen LogP contribution in [0.1, 0.15) is 38.2 Å². The van der Waals surface area contributed by atoms with Crippen molar-refractivity contribution in [1.82, 2.24) is 0 Å². The van der Waals surface area contributed by atoms with Crippen LogP contribution in [-0.2, 0) is 0 Å². The first-order chi connectivity index (χ1) is 8.49. The average molecular weight is 236 g/mol. The predicted octanol–water partition coefficient (Wildman–Crippen LogP) is 4.13. The molecule has 2 aromatic carbocycles. The number of carbonyl (C=O) groups is 1. The van der Waals surface area contributed by atoms with Gasteiger partial charge in [0.05, 0.1) is 0 Å². The summed E-state index contributed by atoms with van der Waals surface area (Å²) >= 11 is 0. The van der Waals surface area contributed by atoms with E-state index in [-0.39, 0.29) is 5.78 Å². The van der Waals surface area contributed by atoms with Gasteiger partial charge in [0.25, 0.3) is 0 Å². The summed E-state index contributed by atoms with van der Waals surface area (Å²) in [5, 5.41) is 0. The van der Waals surface area contributed by atoms with Gasteiger partial charge in [-0.25, -0.2) is 0 Å². The number of ketones is 1. The molecule has 0 radical (unpaired) electrons. The van der Waals surface area contributed by atoms with Gasteiger partial charge in [-0.15, -0.1) is 0 Å². The lowest BCUT2D eigenvalue weighted by Gasteiger charge is -2.09. The standard InChI is InChI=1S/C17H16O/c1-9-5-11(3)15-13(7-9)17(18)14-8-10(2)6-12(4)16(14)15/h5-8H,1-4H3. The van der Waals surface area contributed by atoms with Crippen molar-refractivity contribution in [2.45, 2.75) is 27.7 Å². The Morgan fingerprint density at radius 1 is 0.667 bits per heavy atom. The molecule has 0 aliphatic heterocycles. The Morgan fingerprint density at radius 3 is 1.44 bits per heavy atom. The van der Waals surface area contributed by atoms with E-state index >= 15 is 0 Å². The number of benzene rings is 2. The second kappa shape index (κ2) is 3.55. The maximum Gasteiger partial charge on any atom is 0.194 e. The number of aryl methyl sites for hydroxylation is 4. The van der Waals surface area contributed by atoms with Gasteiger partial charge in [0.1, 0.15) is 0 Å². The SMILES string of the molecule is Cc1cc(C)c2c(c1)C(=O)c1cc(C)cc(C)c1-2. The largest absolute Gasteiger partial charge is 0.289 e. The van der Waals surface area contributed by atoms with Gasteiger partial charge in [0, 0.05) is 11.1 Å². The second-order valence-corrected chi connectivity index (χ2v) is 5.34. The normalized spacial score (nSPS) is 12.6. The minimum absolute atomic E-state index is 0.179. The maximum absolute atomic E-state index is 12.5. The third-order valence-corrected chi connectivity index (χ3v) is 3.70. The van der Waals surface area contributed by atoms with Gasteiger partial charge in [-0.05, 0) is 62.1 Å². The van der Waals surface area contributed by atoms with E-state index in [0.717, 1.165) is 33.4 Å². The van der Waals surface area contributed by atoms with E-state index in [4.69, 9.17) is 0 Å². The lowest BCUT2D eigenvalue weighted by Crippen LogP contribution is -1.96. The third-order valence-electron chi connectivity index (χ3n) is 3.70. The molecule has 2 aromatic rings. The average Bonchev–Trinajstić information content (AvgIpc) is 2.54. The summed E-state index contributed by atoms with van der Waals surface area (Å²) in [6, 6.07) is 8.33. The van der Waals surface area contributed by atoms with E-state index < -0.39 is 0 Å². The number of hydrogen-bond donors (Lipinski definition) is 0. The molecule has 3 rings (SSSR count). The van der Waals surface area contributed by atoms with Gasteiger partial charge in [-0.2, -0.15) is 0 Å². The van der Waals surface area contributed by atoms with Crippen molar-refractivity contribution < 1.29 is 4.79 Å². The molecular weight excluding hydrogens is 220 g/mol. The van der Waals surface area contributed by atoms with E-state index in [9.17, 15) is 4.79 Å². The number of hydrogen-bond acceptors (Lipinski definition) is 1. The molecule has 90 valence electrons. The summed E-state index contributed by atoms with van der Waals surface area (Å²) in [4.78, 5) is 12.5. The fourth-order valence-electron chi connectivity index (χ4n) is 3.10. The molecule has 0 spiro atoms. The van der Waals surface area contributed by atoms with E-state index in [1.807, 2.05) is 26.0 Å². The highest BCUT2D eigenvalue weighted by molar-refractivity contribution is 6.22. The summed E-state index contributed by atoms with van der Waals surface area (Å²) in [5.74, 6) is 0.179. The van der Waals surface area contributed by atoms with Crippen molar-refractivity contribution in [3.05, 3.63) is 57.6 Å². The molecule has 0 amide bonds. The Kier molecular flexibility index (Phi) is 2.21. The highest BCUT2D eigenvalue weighted by atomic mass is 16.1. The molecule has 1 aliphatic rings. The highest BCUT2D eigenvalue weighted by Gasteiger charge is 2.29. The third kappa shape index (κ3) is 1.37. The molecule has 0 N–H and O–H groups in total. The van der Waals surface area contributed by atoms with E-state index in [1.54, 1.807) is 0 Å². The van der Waals surface area contributed by atoms with Crippen molar-refractivity contribution in [2.75, 3.05) is 0 Å². The van der Waals surface area contributed by atoms with Crippen molar-refractivity contribution in [1.29, 1.82) is 0 Å². The molecule has 0 heterocycles. The minimum atomic E-state index is 0.179. The zero-order valence-electron chi connectivity index (χ0n) is 11.2. The Balaban J connectivity index is 2.44. The highest BCUT2D eigenvalue weighted by Crippen LogP contribution is 2.41. The van der Waals surface area contributed by atoms with Gasteiger partial charge < -0.3 is 0 Å². The topological polar surface area (TPSA) is 17.1 Å². The first kappa shape index (κ1) is 11.2. The molecular formula is C17H16O. The Bertz CT molecular complexity index is 634. The molecule has 0 unspecified atom stereocenters. The summed E-state index contributed by atoms with van der Waals surface area (Å²) < 4.78 is 0. The zero-order valence-corrected chi connectivity index (χ0v) is 11.2. The molecule has 1 aliphatic carbocycles. The van der Waals surface area contributed by atoms with Crippen LogP contribution in [0.5, 0.6) is 0 Å². The van der Waals surface area contributed by atoms with Crippen LogP contribution in [-0.4, -0.2) is 5.78 Å². The fraction of sp³-hybridized carbons (Fsp3) is 0.235. The first-order valence-electron chi connectivity index (χ1n) is 6.26. The molecule has 0 saturated heterocycles. The van der Waals surface area contributed by atoms with Crippen molar-refractivity contribution >= 4 is 5.78 Å². The molecule has 0 saturated carbocycles. The lowest BCUT2D eigenvalue weighted by atomic mass is 9.94. The van der Waals surface area contributed by atoms with Crippen molar-refractivity contribution in [3.63, 3.8) is 0 Å². The monoisotopic (exact) mass is 236 g/mol. The molecule has 18 heavy (non-hydrogen) atoms. The number of rotatable bonds is 0. The van der Waals surface area contributed by atoms with Crippen LogP contribution in [0.2, 0.25) is 0 Å². The van der Waals surface area contributed by atoms with Gasteiger partial charge in [-0.3, -0.25) is 4.79 Å². The van der Waals surface area contributed by atoms with Crippen LogP contribution in [0.3, 0.4) is 0 Å². The van der Waals surface area contributed by atoms with Crippen LogP contribution in [0.25, 0.3) is 11.1 Å². The maximum atomic E-state index is 12.5. The quantitative estimate of drug-likeness (QED) is 0.573. The van der Waals surface area contributed by atoms with Gasteiger partial charge >= 0.3 is 0 Å². The first-order valence-corrected chi connectivity index (χ1v) is 6.26. The summed E-state index contributed by atoms with van der Waals surface area (Å²) in [5.41, 5.74) is 8.72. The summed E-state index contributed by atoms with van der Waals surface area (Å²) in [6.07, 6.45) is 0. The molecule has 0 atom stereocenters. The smallest absolute Gasteiger partial charge is 0.194 e. The zero-order chi connectivity index (χ0) is 13.0. The second-order valence-electron chi connectivity index (χ2n) is 5.34. The van der Waals surface area contributed by atoms with E-state index in [2.05, 4.69) is 26.0 Å². The van der Waals surface area contributed by atoms with Crippen molar-refractivity contribution in [2.24, 2.45) is 0 Å². The molecule has 0 bridgehead atoms. The number of fused-ring (bicyclic) bond motifs is 3. The Morgan fingerprint density at radius 2 is 1.06 bits per heavy atom. The van der Waals surface area contributed by atoms with Crippen LogP contribution >= 0.6 is 0 Å². The van der Waals surface area contributed by atoms with Crippen molar-refractivity contribution in [3.8, 4) is 11.1 Å².